The van der Waals surface area contributed by atoms with Crippen molar-refractivity contribution in [3.05, 3.63) is 23.3 Å². The van der Waals surface area contributed by atoms with Crippen LogP contribution in [-0.4, -0.2) is 92.8 Å². The highest BCUT2D eigenvalue weighted by atomic mass is 16.5. The second-order valence-electron chi connectivity index (χ2n) is 9.35. The van der Waals surface area contributed by atoms with Crippen LogP contribution in [0.4, 0.5) is 4.79 Å². The number of nitrogens with zero attached hydrogens (tertiary/aromatic N) is 3. The van der Waals surface area contributed by atoms with Gasteiger partial charge in [-0.05, 0) is 68.3 Å². The monoisotopic (exact) mass is 444 g/mol. The smallest absolute Gasteiger partial charge is 0.320 e. The number of methoxy groups -OCH3 is 2. The second-order valence-corrected chi connectivity index (χ2v) is 9.35. The maximum atomic E-state index is 12.9. The van der Waals surface area contributed by atoms with Crippen molar-refractivity contribution < 1.29 is 14.3 Å². The molecule has 0 saturated carbocycles. The minimum absolute atomic E-state index is 0.236. The van der Waals surface area contributed by atoms with Gasteiger partial charge in [-0.25, -0.2) is 4.79 Å². The molecule has 0 radical (unpaired) electrons. The minimum Gasteiger partial charge on any atom is -0.493 e. The van der Waals surface area contributed by atoms with Crippen LogP contribution in [0, 0.1) is 0 Å². The molecule has 1 aromatic carbocycles. The topological polar surface area (TPSA) is 57.3 Å². The number of piperazine rings is 1. The van der Waals surface area contributed by atoms with E-state index in [4.69, 9.17) is 9.47 Å². The number of aryl methyl sites for hydroxylation is 1. The lowest BCUT2D eigenvalue weighted by Gasteiger charge is -2.45. The third kappa shape index (κ3) is 4.99. The van der Waals surface area contributed by atoms with Crippen LogP contribution in [0.2, 0.25) is 0 Å². The molecule has 2 saturated heterocycles. The Hall–Kier alpha value is -1.99. The van der Waals surface area contributed by atoms with Crippen molar-refractivity contribution in [1.29, 1.82) is 0 Å². The Labute approximate surface area is 193 Å². The summed E-state index contributed by atoms with van der Waals surface area (Å²) in [4.78, 5) is 19.7. The second kappa shape index (κ2) is 10.8. The van der Waals surface area contributed by atoms with Gasteiger partial charge >= 0.3 is 6.03 Å². The van der Waals surface area contributed by atoms with Gasteiger partial charge in [0.1, 0.15) is 0 Å². The van der Waals surface area contributed by atoms with Crippen LogP contribution >= 0.6 is 0 Å². The molecule has 178 valence electrons. The number of likely N-dealkylation sites (tertiary alicyclic amines) is 1. The highest BCUT2D eigenvalue weighted by Crippen LogP contribution is 2.36. The molecule has 0 spiro atoms. The van der Waals surface area contributed by atoms with E-state index < -0.39 is 0 Å². The third-order valence-corrected chi connectivity index (χ3v) is 7.45. The molecule has 2 aliphatic heterocycles. The summed E-state index contributed by atoms with van der Waals surface area (Å²) in [5.41, 5.74) is 2.79. The number of carbonyl (C=O) groups is 1. The molecule has 1 aromatic rings. The van der Waals surface area contributed by atoms with Crippen LogP contribution in [0.3, 0.4) is 0 Å². The molecule has 32 heavy (non-hydrogen) atoms. The molecule has 3 aliphatic rings. The fourth-order valence-electron chi connectivity index (χ4n) is 5.71. The SMILES string of the molecule is CCCN(C1CCN(C(=O)N2CCNCC2)CC1)C1CCc2cc(OC)c(OC)cc2C1. The third-order valence-electron chi connectivity index (χ3n) is 7.45. The van der Waals surface area contributed by atoms with Gasteiger partial charge in [-0.15, -0.1) is 0 Å². The van der Waals surface area contributed by atoms with Gasteiger partial charge in [0.15, 0.2) is 11.5 Å². The van der Waals surface area contributed by atoms with Gasteiger partial charge in [0, 0.05) is 51.4 Å². The van der Waals surface area contributed by atoms with Crippen molar-refractivity contribution in [3.63, 3.8) is 0 Å². The molecule has 7 heteroatoms. The van der Waals surface area contributed by atoms with Gasteiger partial charge in [0.25, 0.3) is 0 Å². The van der Waals surface area contributed by atoms with Crippen molar-refractivity contribution in [2.75, 3.05) is 60.0 Å². The Kier molecular flexibility index (Phi) is 7.79. The van der Waals surface area contributed by atoms with Gasteiger partial charge in [0.05, 0.1) is 14.2 Å². The highest BCUT2D eigenvalue weighted by Gasteiger charge is 2.34. The Balaban J connectivity index is 1.39. The van der Waals surface area contributed by atoms with Gasteiger partial charge in [-0.2, -0.15) is 0 Å². The van der Waals surface area contributed by atoms with Gasteiger partial charge in [-0.1, -0.05) is 6.92 Å². The largest absolute Gasteiger partial charge is 0.493 e. The number of nitrogens with one attached hydrogen (secondary N) is 1. The van der Waals surface area contributed by atoms with E-state index >= 15 is 0 Å². The van der Waals surface area contributed by atoms with Crippen molar-refractivity contribution >= 4 is 6.03 Å². The zero-order chi connectivity index (χ0) is 22.5. The van der Waals surface area contributed by atoms with E-state index in [1.165, 1.54) is 17.5 Å². The lowest BCUT2D eigenvalue weighted by atomic mass is 9.85. The standard InChI is InChI=1S/C25H40N4O3/c1-4-11-29(21-7-12-27(13-8-21)25(30)28-14-9-26-10-15-28)22-6-5-19-17-23(31-2)24(32-3)18-20(19)16-22/h17-18,21-22,26H,4-16H2,1-3H3. The van der Waals surface area contributed by atoms with Crippen molar-refractivity contribution in [1.82, 2.24) is 20.0 Å². The number of fused-ring (bicyclic) bond motifs is 1. The summed E-state index contributed by atoms with van der Waals surface area (Å²) in [5.74, 6) is 1.66. The molecule has 1 N–H and O–H groups in total. The summed E-state index contributed by atoms with van der Waals surface area (Å²) in [6, 6.07) is 5.70. The Morgan fingerprint density at radius 1 is 0.969 bits per heavy atom. The number of ether oxygens (including phenoxy) is 2. The molecule has 1 atom stereocenters. The number of carbonyl (C=O) groups excluding carboxylic acids is 1. The summed E-state index contributed by atoms with van der Waals surface area (Å²) in [6.07, 6.45) is 6.65. The molecular formula is C25H40N4O3. The van der Waals surface area contributed by atoms with Gasteiger partial charge < -0.3 is 24.6 Å². The van der Waals surface area contributed by atoms with Crippen LogP contribution in [0.25, 0.3) is 0 Å². The lowest BCUT2D eigenvalue weighted by Crippen LogP contribution is -2.56. The summed E-state index contributed by atoms with van der Waals surface area (Å²) >= 11 is 0. The first-order valence-electron chi connectivity index (χ1n) is 12.4. The van der Waals surface area contributed by atoms with E-state index in [-0.39, 0.29) is 6.03 Å². The number of urea groups is 1. The molecule has 2 fully saturated rings. The lowest BCUT2D eigenvalue weighted by molar-refractivity contribution is 0.0668. The molecule has 2 amide bonds. The number of hydrogen-bond acceptors (Lipinski definition) is 5. The van der Waals surface area contributed by atoms with Gasteiger partial charge in [0.2, 0.25) is 0 Å². The molecule has 0 aromatic heterocycles. The normalized spacial score (nSPS) is 22.1. The molecule has 4 rings (SSSR count). The summed E-state index contributed by atoms with van der Waals surface area (Å²) in [5, 5.41) is 3.33. The zero-order valence-corrected chi connectivity index (χ0v) is 20.1. The van der Waals surface area contributed by atoms with Crippen LogP contribution < -0.4 is 14.8 Å². The first-order valence-corrected chi connectivity index (χ1v) is 12.4. The van der Waals surface area contributed by atoms with E-state index in [2.05, 4.69) is 34.2 Å². The summed E-state index contributed by atoms with van der Waals surface area (Å²) in [7, 11) is 3.42. The average Bonchev–Trinajstić information content (AvgIpc) is 2.86. The first kappa shape index (κ1) is 23.2. The fraction of sp³-hybridized carbons (Fsp3) is 0.720. The van der Waals surface area contributed by atoms with E-state index in [1.807, 2.05) is 4.90 Å². The number of amides is 2. The van der Waals surface area contributed by atoms with Crippen molar-refractivity contribution in [2.45, 2.75) is 57.5 Å². The van der Waals surface area contributed by atoms with Crippen molar-refractivity contribution in [3.8, 4) is 11.5 Å². The molecule has 1 unspecified atom stereocenters. The quantitative estimate of drug-likeness (QED) is 0.731. The molecule has 7 nitrogen and oxygen atoms in total. The zero-order valence-electron chi connectivity index (χ0n) is 20.1. The van der Waals surface area contributed by atoms with E-state index in [0.717, 1.165) is 89.4 Å². The first-order chi connectivity index (χ1) is 15.6. The fourth-order valence-corrected chi connectivity index (χ4v) is 5.71. The van der Waals surface area contributed by atoms with Crippen molar-refractivity contribution in [2.24, 2.45) is 0 Å². The number of hydrogen-bond donors (Lipinski definition) is 1. The Bertz CT molecular complexity index is 773. The van der Waals surface area contributed by atoms with Crippen LogP contribution in [0.1, 0.15) is 43.7 Å². The van der Waals surface area contributed by atoms with E-state index in [0.29, 0.717) is 12.1 Å². The average molecular weight is 445 g/mol. The predicted molar refractivity (Wildman–Crippen MR) is 127 cm³/mol. The summed E-state index contributed by atoms with van der Waals surface area (Å²) in [6.45, 7) is 8.64. The van der Waals surface area contributed by atoms with Crippen LogP contribution in [0.15, 0.2) is 12.1 Å². The molecule has 1 aliphatic carbocycles. The maximum absolute atomic E-state index is 12.9. The Morgan fingerprint density at radius 2 is 1.59 bits per heavy atom. The molecular weight excluding hydrogens is 404 g/mol. The van der Waals surface area contributed by atoms with Crippen LogP contribution in [-0.2, 0) is 12.8 Å². The van der Waals surface area contributed by atoms with Gasteiger partial charge in [-0.3, -0.25) is 4.90 Å². The molecule has 0 bridgehead atoms. The predicted octanol–water partition coefficient (Wildman–Crippen LogP) is 2.76. The Morgan fingerprint density at radius 3 is 2.22 bits per heavy atom. The number of rotatable bonds is 6. The van der Waals surface area contributed by atoms with E-state index in [9.17, 15) is 4.79 Å². The number of piperidine rings is 1. The minimum atomic E-state index is 0.236. The molecule has 2 heterocycles. The van der Waals surface area contributed by atoms with E-state index in [1.54, 1.807) is 14.2 Å². The number of benzene rings is 1. The maximum Gasteiger partial charge on any atom is 0.320 e. The van der Waals surface area contributed by atoms with Crippen LogP contribution in [0.5, 0.6) is 11.5 Å². The summed E-state index contributed by atoms with van der Waals surface area (Å²) < 4.78 is 11.1. The highest BCUT2D eigenvalue weighted by molar-refractivity contribution is 5.74.